The van der Waals surface area contributed by atoms with E-state index >= 15 is 0 Å². The van der Waals surface area contributed by atoms with Gasteiger partial charge in [-0.05, 0) is 32.1 Å². The van der Waals surface area contributed by atoms with Crippen LogP contribution >= 0.6 is 0 Å². The van der Waals surface area contributed by atoms with Crippen LogP contribution in [0.2, 0.25) is 0 Å². The number of alkyl halides is 6. The molecular weight excluding hydrogens is 496 g/mol. The highest BCUT2D eigenvalue weighted by atomic mass is 19.4. The van der Waals surface area contributed by atoms with E-state index in [2.05, 4.69) is 15.3 Å². The zero-order valence-electron chi connectivity index (χ0n) is 19.6. The lowest BCUT2D eigenvalue weighted by molar-refractivity contribution is -0.684. The Labute approximate surface area is 203 Å². The van der Waals surface area contributed by atoms with E-state index in [0.29, 0.717) is 18.1 Å². The minimum absolute atomic E-state index is 0.00337. The average molecular weight is 524 g/mol. The van der Waals surface area contributed by atoms with Crippen LogP contribution in [0.4, 0.5) is 43.8 Å². The minimum atomic E-state index is -4.87. The predicted molar refractivity (Wildman–Crippen MR) is 116 cm³/mol. The van der Waals surface area contributed by atoms with Gasteiger partial charge in [-0.3, -0.25) is 9.59 Å². The van der Waals surface area contributed by atoms with Crippen molar-refractivity contribution in [1.82, 2.24) is 14.3 Å². The number of aryl methyl sites for hydroxylation is 3. The Kier molecular flexibility index (Phi) is 10.2. The second-order valence-electron chi connectivity index (χ2n) is 8.08. The average Bonchev–Trinajstić information content (AvgIpc) is 3.34. The summed E-state index contributed by atoms with van der Waals surface area (Å²) in [6.45, 7) is 2.97. The molecule has 0 fully saturated rings. The molecule has 0 spiro atoms. The highest BCUT2D eigenvalue weighted by Gasteiger charge is 2.37. The molecule has 36 heavy (non-hydrogen) atoms. The number of anilines is 1. The molecule has 0 aliphatic heterocycles. The van der Waals surface area contributed by atoms with Crippen molar-refractivity contribution >= 4 is 29.0 Å². The molecule has 0 aliphatic rings. The Bertz CT molecular complexity index is 1000. The normalized spacial score (nSPS) is 12.5. The van der Waals surface area contributed by atoms with Gasteiger partial charge < -0.3 is 5.73 Å². The largest absolute Gasteiger partial charge is 0.449 e. The maximum absolute atomic E-state index is 12.4. The number of hydrogen-bond donors (Lipinski definition) is 1. The molecule has 0 bridgehead atoms. The first-order valence-electron chi connectivity index (χ1n) is 11.4. The van der Waals surface area contributed by atoms with Gasteiger partial charge in [-0.1, -0.05) is 12.0 Å². The first-order chi connectivity index (χ1) is 16.8. The van der Waals surface area contributed by atoms with Crippen molar-refractivity contribution in [2.75, 3.05) is 5.73 Å². The van der Waals surface area contributed by atoms with Gasteiger partial charge in [0, 0.05) is 24.5 Å². The summed E-state index contributed by atoms with van der Waals surface area (Å²) >= 11 is 0. The molecule has 2 N–H and O–H groups in total. The summed E-state index contributed by atoms with van der Waals surface area (Å²) in [5.74, 6) is -3.01. The Hall–Kier alpha value is -3.26. The predicted octanol–water partition coefficient (Wildman–Crippen LogP) is 4.98. The lowest BCUT2D eigenvalue weighted by Crippen LogP contribution is -2.32. The number of aromatic nitrogens is 4. The number of ketones is 2. The van der Waals surface area contributed by atoms with Crippen LogP contribution in [-0.4, -0.2) is 38.3 Å². The summed E-state index contributed by atoms with van der Waals surface area (Å²) in [5, 5.41) is 12.4. The number of unbranched alkanes of at least 4 members (excludes halogenated alkanes) is 2. The quantitative estimate of drug-likeness (QED) is 0.163. The van der Waals surface area contributed by atoms with Gasteiger partial charge in [-0.2, -0.15) is 31.4 Å². The summed E-state index contributed by atoms with van der Waals surface area (Å²) < 4.78 is 79.1. The Morgan fingerprint density at radius 3 is 2.17 bits per heavy atom. The highest BCUT2D eigenvalue weighted by Crippen LogP contribution is 2.24. The van der Waals surface area contributed by atoms with E-state index in [1.807, 2.05) is 6.92 Å². The van der Waals surface area contributed by atoms with Gasteiger partial charge in [0.15, 0.2) is 11.5 Å². The molecule has 0 saturated carbocycles. The SMILES string of the molecule is CCCn1ncc(N=Nc2n(CCCCC(=O)C(F)(F)F)cc[n+]2CCCCC(=O)C(F)(F)F)c1N. The fraction of sp³-hybridized carbons (Fsp3) is 0.619. The number of Topliss-reactive ketones (excluding diaryl/α,β-unsaturated/α-hetero) is 2. The molecule has 200 valence electrons. The monoisotopic (exact) mass is 524 g/mol. The molecule has 2 heterocycles. The molecule has 0 radical (unpaired) electrons. The smallest absolute Gasteiger partial charge is 0.382 e. The first kappa shape index (κ1) is 29.0. The number of carbonyl (C=O) groups is 2. The van der Waals surface area contributed by atoms with E-state index in [-0.39, 0.29) is 44.7 Å². The lowest BCUT2D eigenvalue weighted by atomic mass is 10.1. The summed E-state index contributed by atoms with van der Waals surface area (Å²) in [4.78, 5) is 22.1. The van der Waals surface area contributed by atoms with Crippen molar-refractivity contribution in [2.24, 2.45) is 10.2 Å². The van der Waals surface area contributed by atoms with Crippen LogP contribution in [0.25, 0.3) is 0 Å². The summed E-state index contributed by atoms with van der Waals surface area (Å²) in [7, 11) is 0. The molecule has 2 aromatic heterocycles. The third-order valence-electron chi connectivity index (χ3n) is 5.22. The van der Waals surface area contributed by atoms with Gasteiger partial charge >= 0.3 is 18.3 Å². The molecule has 2 rings (SSSR count). The maximum Gasteiger partial charge on any atom is 0.449 e. The molecule has 15 heteroatoms. The second kappa shape index (κ2) is 12.6. The van der Waals surface area contributed by atoms with E-state index in [9.17, 15) is 35.9 Å². The van der Waals surface area contributed by atoms with Crippen LogP contribution in [0.5, 0.6) is 0 Å². The number of nitrogen functional groups attached to an aromatic ring is 1. The number of imidazole rings is 1. The van der Waals surface area contributed by atoms with Crippen LogP contribution < -0.4 is 10.3 Å². The van der Waals surface area contributed by atoms with Crippen LogP contribution in [0, 0.1) is 0 Å². The number of carbonyl (C=O) groups excluding carboxylic acids is 2. The van der Waals surface area contributed by atoms with Gasteiger partial charge in [0.25, 0.3) is 0 Å². The molecule has 0 atom stereocenters. The Morgan fingerprint density at radius 2 is 1.58 bits per heavy atom. The molecule has 0 unspecified atom stereocenters. The van der Waals surface area contributed by atoms with E-state index in [1.54, 1.807) is 26.2 Å². The number of azo groups is 1. The van der Waals surface area contributed by atoms with E-state index in [4.69, 9.17) is 5.73 Å². The van der Waals surface area contributed by atoms with Crippen molar-refractivity contribution in [1.29, 1.82) is 0 Å². The number of hydrogen-bond acceptors (Lipinski definition) is 6. The van der Waals surface area contributed by atoms with Gasteiger partial charge in [0.05, 0.1) is 31.7 Å². The number of halogens is 6. The topological polar surface area (TPSA) is 112 Å². The second-order valence-corrected chi connectivity index (χ2v) is 8.08. The Morgan fingerprint density at radius 1 is 0.972 bits per heavy atom. The summed E-state index contributed by atoms with van der Waals surface area (Å²) in [5.41, 5.74) is 6.31. The molecule has 0 amide bonds. The van der Waals surface area contributed by atoms with E-state index < -0.39 is 36.8 Å². The van der Waals surface area contributed by atoms with Crippen LogP contribution in [0.1, 0.15) is 51.9 Å². The third kappa shape index (κ3) is 8.45. The number of nitrogens with zero attached hydrogens (tertiary/aromatic N) is 6. The van der Waals surface area contributed by atoms with Gasteiger partial charge in [-0.15, -0.1) is 0 Å². The van der Waals surface area contributed by atoms with Crippen molar-refractivity contribution in [2.45, 2.75) is 83.9 Å². The number of rotatable bonds is 14. The van der Waals surface area contributed by atoms with E-state index in [1.165, 1.54) is 6.20 Å². The maximum atomic E-state index is 12.4. The van der Waals surface area contributed by atoms with Crippen molar-refractivity contribution < 1.29 is 40.5 Å². The van der Waals surface area contributed by atoms with Crippen LogP contribution in [0.15, 0.2) is 28.8 Å². The lowest BCUT2D eigenvalue weighted by Gasteiger charge is -2.05. The molecule has 0 aliphatic carbocycles. The first-order valence-corrected chi connectivity index (χ1v) is 11.4. The minimum Gasteiger partial charge on any atom is -0.382 e. The van der Waals surface area contributed by atoms with Crippen molar-refractivity contribution in [3.8, 4) is 0 Å². The molecule has 9 nitrogen and oxygen atoms in total. The van der Waals surface area contributed by atoms with Gasteiger partial charge in [-0.25, -0.2) is 13.8 Å². The van der Waals surface area contributed by atoms with Crippen LogP contribution in [-0.2, 0) is 29.2 Å². The van der Waals surface area contributed by atoms with Crippen molar-refractivity contribution in [3.05, 3.63) is 18.6 Å². The molecule has 0 aromatic carbocycles. The standard InChI is InChI=1S/C21H27F6N7O2/c1-2-9-34-18(28)15(14-29-34)30-31-19-32(10-5-3-7-16(35)20(22,23)24)12-13-33(19)11-6-4-8-17(36)21(25,26)27/h12-14,28H,2-11H2,1H3/p+1. The zero-order valence-corrected chi connectivity index (χ0v) is 19.6. The van der Waals surface area contributed by atoms with Crippen molar-refractivity contribution in [3.63, 3.8) is 0 Å². The van der Waals surface area contributed by atoms with Gasteiger partial charge in [0.1, 0.15) is 0 Å². The molecule has 2 aromatic rings. The summed E-state index contributed by atoms with van der Waals surface area (Å²) in [6, 6.07) is 0. The van der Waals surface area contributed by atoms with Gasteiger partial charge in [0.2, 0.25) is 11.6 Å². The number of nitrogens with two attached hydrogens (primary N) is 1. The fourth-order valence-corrected chi connectivity index (χ4v) is 3.29. The summed E-state index contributed by atoms with van der Waals surface area (Å²) in [6.07, 6.45) is -5.09. The zero-order chi connectivity index (χ0) is 26.9. The Balaban J connectivity index is 2.11. The molecule has 0 saturated heterocycles. The highest BCUT2D eigenvalue weighted by molar-refractivity contribution is 5.84. The van der Waals surface area contributed by atoms with Crippen LogP contribution in [0.3, 0.4) is 0 Å². The third-order valence-corrected chi connectivity index (χ3v) is 5.22. The fourth-order valence-electron chi connectivity index (χ4n) is 3.29. The van der Waals surface area contributed by atoms with E-state index in [0.717, 1.165) is 6.42 Å². The molecular formula is C21H28F6N7O2+.